The first-order valence-corrected chi connectivity index (χ1v) is 11.1. The predicted octanol–water partition coefficient (Wildman–Crippen LogP) is 3.93. The number of hydrogen-bond donors (Lipinski definition) is 0. The lowest BCUT2D eigenvalue weighted by Gasteiger charge is -2.25. The number of nitriles is 1. The fourth-order valence-corrected chi connectivity index (χ4v) is 5.10. The normalized spacial score (nSPS) is 18.3. The molecule has 6 nitrogen and oxygen atoms in total. The molecule has 5 rings (SSSR count). The van der Waals surface area contributed by atoms with Crippen molar-refractivity contribution in [2.45, 2.75) is 32.7 Å². The summed E-state index contributed by atoms with van der Waals surface area (Å²) in [5, 5.41) is 11.0. The Morgan fingerprint density at radius 2 is 2.03 bits per heavy atom. The van der Waals surface area contributed by atoms with E-state index in [2.05, 4.69) is 34.9 Å². The smallest absolute Gasteiger partial charge is 0.246 e. The van der Waals surface area contributed by atoms with Crippen molar-refractivity contribution in [1.29, 1.82) is 5.26 Å². The molecule has 1 unspecified atom stereocenters. The Labute approximate surface area is 187 Å². The Morgan fingerprint density at radius 3 is 2.81 bits per heavy atom. The predicted molar refractivity (Wildman–Crippen MR) is 123 cm³/mol. The van der Waals surface area contributed by atoms with Crippen LogP contribution in [0.4, 0.5) is 0 Å². The molecule has 1 aliphatic heterocycles. The van der Waals surface area contributed by atoms with Gasteiger partial charge >= 0.3 is 0 Å². The maximum atomic E-state index is 12.8. The van der Waals surface area contributed by atoms with Crippen LogP contribution in [0.25, 0.3) is 17.1 Å². The quantitative estimate of drug-likeness (QED) is 0.595. The van der Waals surface area contributed by atoms with Gasteiger partial charge < -0.3 is 14.2 Å². The van der Waals surface area contributed by atoms with Gasteiger partial charge in [0, 0.05) is 30.2 Å². The molecule has 6 heteroatoms. The average Bonchev–Trinajstić information content (AvgIpc) is 3.36. The number of morpholine rings is 1. The zero-order valence-electron chi connectivity index (χ0n) is 18.5. The lowest BCUT2D eigenvalue weighted by Crippen LogP contribution is -2.39. The molecule has 0 bridgehead atoms. The monoisotopic (exact) mass is 426 g/mol. The summed E-state index contributed by atoms with van der Waals surface area (Å²) < 4.78 is 7.54. The molecule has 3 heterocycles. The zero-order valence-corrected chi connectivity index (χ0v) is 18.5. The van der Waals surface area contributed by atoms with Gasteiger partial charge in [-0.15, -0.1) is 0 Å². The Hall–Kier alpha value is -3.43. The topological polar surface area (TPSA) is 71.2 Å². The van der Waals surface area contributed by atoms with E-state index in [1.807, 2.05) is 26.0 Å². The second kappa shape index (κ2) is 8.25. The molecule has 1 aromatic carbocycles. The molecule has 2 aliphatic rings. The van der Waals surface area contributed by atoms with Gasteiger partial charge in [0.05, 0.1) is 30.5 Å². The van der Waals surface area contributed by atoms with Gasteiger partial charge in [0.15, 0.2) is 0 Å². The molecule has 3 aromatic rings. The van der Waals surface area contributed by atoms with Crippen LogP contribution in [-0.4, -0.2) is 46.7 Å². The van der Waals surface area contributed by atoms with Crippen molar-refractivity contribution in [3.05, 3.63) is 70.0 Å². The zero-order chi connectivity index (χ0) is 22.2. The summed E-state index contributed by atoms with van der Waals surface area (Å²) >= 11 is 0. The highest BCUT2D eigenvalue weighted by Crippen LogP contribution is 2.40. The number of pyridine rings is 1. The number of nitrogens with zero attached hydrogens (tertiary/aromatic N) is 4. The minimum Gasteiger partial charge on any atom is -0.378 e. The van der Waals surface area contributed by atoms with Crippen molar-refractivity contribution in [3.8, 4) is 6.07 Å². The first-order chi connectivity index (χ1) is 15.6. The van der Waals surface area contributed by atoms with Crippen molar-refractivity contribution in [2.75, 3.05) is 26.3 Å². The Kier molecular flexibility index (Phi) is 5.28. The number of carbonyl (C=O) groups is 1. The number of fused-ring (bicyclic) bond motifs is 2. The third-order valence-electron chi connectivity index (χ3n) is 6.55. The Morgan fingerprint density at radius 1 is 1.25 bits per heavy atom. The van der Waals surface area contributed by atoms with Gasteiger partial charge in [-0.1, -0.05) is 24.3 Å². The van der Waals surface area contributed by atoms with E-state index in [1.54, 1.807) is 11.0 Å². The van der Waals surface area contributed by atoms with Crippen LogP contribution in [0.1, 0.15) is 46.1 Å². The van der Waals surface area contributed by atoms with Crippen LogP contribution >= 0.6 is 0 Å². The Balaban J connectivity index is 1.69. The minimum atomic E-state index is -0.0540. The lowest BCUT2D eigenvalue weighted by molar-refractivity contribution is -0.129. The largest absolute Gasteiger partial charge is 0.378 e. The first kappa shape index (κ1) is 20.5. The number of rotatable bonds is 3. The van der Waals surface area contributed by atoms with Crippen LogP contribution in [-0.2, 0) is 16.0 Å². The van der Waals surface area contributed by atoms with E-state index < -0.39 is 0 Å². The molecule has 1 fully saturated rings. The maximum absolute atomic E-state index is 12.8. The summed E-state index contributed by atoms with van der Waals surface area (Å²) in [6, 6.07) is 13.0. The number of amides is 1. The maximum Gasteiger partial charge on any atom is 0.246 e. The van der Waals surface area contributed by atoms with E-state index in [0.29, 0.717) is 31.9 Å². The molecule has 0 saturated carbocycles. The van der Waals surface area contributed by atoms with E-state index in [4.69, 9.17) is 9.72 Å². The molecule has 1 saturated heterocycles. The van der Waals surface area contributed by atoms with E-state index >= 15 is 0 Å². The Bertz CT molecular complexity index is 1280. The average molecular weight is 427 g/mol. The summed E-state index contributed by atoms with van der Waals surface area (Å²) in [4.78, 5) is 19.5. The summed E-state index contributed by atoms with van der Waals surface area (Å²) in [6.07, 6.45) is 5.34. The van der Waals surface area contributed by atoms with Gasteiger partial charge in [-0.3, -0.25) is 4.79 Å². The second-order valence-corrected chi connectivity index (χ2v) is 8.55. The standard InChI is InChI=1S/C26H26N4O2/c1-17-15-18(2)28-26-25(17)21(16-27)23(9-10-24(31)29-11-13-32-14-12-29)30(26)22-8-7-19-5-3-4-6-20(19)22/h3-6,9-10,15,22H,7-8,11-14H2,1-2H3. The fourth-order valence-electron chi connectivity index (χ4n) is 5.10. The fraction of sp³-hybridized carbons (Fsp3) is 0.346. The van der Waals surface area contributed by atoms with Gasteiger partial charge in [-0.05, 0) is 55.5 Å². The lowest BCUT2D eigenvalue weighted by atomic mass is 10.1. The molecule has 1 amide bonds. The molecule has 1 atom stereocenters. The number of aryl methyl sites for hydroxylation is 3. The summed E-state index contributed by atoms with van der Waals surface area (Å²) in [5.74, 6) is -0.0540. The van der Waals surface area contributed by atoms with Crippen LogP contribution in [0.15, 0.2) is 36.4 Å². The number of carbonyl (C=O) groups excluding carboxylic acids is 1. The molecule has 0 N–H and O–H groups in total. The number of benzene rings is 1. The molecular formula is C26H26N4O2. The van der Waals surface area contributed by atoms with Gasteiger partial charge in [0.25, 0.3) is 0 Å². The summed E-state index contributed by atoms with van der Waals surface area (Å²) in [6.45, 7) is 6.31. The third-order valence-corrected chi connectivity index (χ3v) is 6.55. The van der Waals surface area contributed by atoms with Crippen molar-refractivity contribution >= 4 is 23.0 Å². The third kappa shape index (κ3) is 3.39. The van der Waals surface area contributed by atoms with Crippen LogP contribution in [0, 0.1) is 25.2 Å². The minimum absolute atomic E-state index is 0.0540. The second-order valence-electron chi connectivity index (χ2n) is 8.55. The number of hydrogen-bond acceptors (Lipinski definition) is 4. The first-order valence-electron chi connectivity index (χ1n) is 11.1. The highest BCUT2D eigenvalue weighted by molar-refractivity contribution is 5.96. The highest BCUT2D eigenvalue weighted by Gasteiger charge is 2.30. The number of aromatic nitrogens is 2. The molecule has 32 heavy (non-hydrogen) atoms. The van der Waals surface area contributed by atoms with Crippen molar-refractivity contribution in [3.63, 3.8) is 0 Å². The van der Waals surface area contributed by atoms with Gasteiger partial charge in [-0.2, -0.15) is 5.26 Å². The van der Waals surface area contributed by atoms with Crippen LogP contribution in [0.5, 0.6) is 0 Å². The summed E-state index contributed by atoms with van der Waals surface area (Å²) in [5.41, 5.74) is 6.71. The number of ether oxygens (including phenoxy) is 1. The van der Waals surface area contributed by atoms with Crippen molar-refractivity contribution < 1.29 is 9.53 Å². The van der Waals surface area contributed by atoms with E-state index in [-0.39, 0.29) is 11.9 Å². The molecule has 2 aromatic heterocycles. The van der Waals surface area contributed by atoms with Crippen LogP contribution < -0.4 is 0 Å². The highest BCUT2D eigenvalue weighted by atomic mass is 16.5. The molecule has 162 valence electrons. The molecule has 0 radical (unpaired) electrons. The molecular weight excluding hydrogens is 400 g/mol. The van der Waals surface area contributed by atoms with E-state index in [9.17, 15) is 10.1 Å². The molecule has 1 aliphatic carbocycles. The van der Waals surface area contributed by atoms with Crippen LogP contribution in [0.3, 0.4) is 0 Å². The van der Waals surface area contributed by atoms with Crippen molar-refractivity contribution in [2.24, 2.45) is 0 Å². The van der Waals surface area contributed by atoms with E-state index in [0.717, 1.165) is 40.8 Å². The van der Waals surface area contributed by atoms with Gasteiger partial charge in [-0.25, -0.2) is 4.98 Å². The van der Waals surface area contributed by atoms with Crippen LogP contribution in [0.2, 0.25) is 0 Å². The van der Waals surface area contributed by atoms with Gasteiger partial charge in [0.2, 0.25) is 5.91 Å². The van der Waals surface area contributed by atoms with Crippen molar-refractivity contribution in [1.82, 2.24) is 14.5 Å². The molecule has 0 spiro atoms. The SMILES string of the molecule is Cc1cc(C)c2c(C#N)c(C=CC(=O)N3CCOCC3)n(C3CCc4ccccc43)c2n1. The van der Waals surface area contributed by atoms with Gasteiger partial charge in [0.1, 0.15) is 11.7 Å². The van der Waals surface area contributed by atoms with E-state index in [1.165, 1.54) is 11.1 Å². The summed E-state index contributed by atoms with van der Waals surface area (Å²) in [7, 11) is 0.